The van der Waals surface area contributed by atoms with Crippen molar-refractivity contribution in [2.45, 2.75) is 26.4 Å². The van der Waals surface area contributed by atoms with Crippen molar-refractivity contribution >= 4 is 0 Å². The van der Waals surface area contributed by atoms with Crippen molar-refractivity contribution in [3.8, 4) is 11.8 Å². The minimum absolute atomic E-state index is 0.555. The largest absolute Gasteiger partial charge is 0.495 e. The standard InChI is InChI=1S/C17H19N3O/c1-3-14-5-4-8-20-16(14)12-19-11-13-6-7-15(10-18)17(9-13)21-2/h4-9,19H,3,11-12H2,1-2H3. The molecule has 1 aromatic heterocycles. The smallest absolute Gasteiger partial charge is 0.136 e. The molecule has 21 heavy (non-hydrogen) atoms. The van der Waals surface area contributed by atoms with Crippen LogP contribution in [-0.4, -0.2) is 12.1 Å². The summed E-state index contributed by atoms with van der Waals surface area (Å²) >= 11 is 0. The number of benzene rings is 1. The highest BCUT2D eigenvalue weighted by Gasteiger charge is 2.04. The van der Waals surface area contributed by atoms with Gasteiger partial charge in [0.05, 0.1) is 18.4 Å². The molecule has 1 N–H and O–H groups in total. The molecule has 0 aliphatic rings. The predicted molar refractivity (Wildman–Crippen MR) is 81.9 cm³/mol. The zero-order valence-corrected chi connectivity index (χ0v) is 12.4. The summed E-state index contributed by atoms with van der Waals surface area (Å²) in [5, 5.41) is 12.3. The van der Waals surface area contributed by atoms with Gasteiger partial charge in [-0.3, -0.25) is 4.98 Å². The summed E-state index contributed by atoms with van der Waals surface area (Å²) < 4.78 is 5.22. The molecule has 0 unspecified atom stereocenters. The third-order valence-electron chi connectivity index (χ3n) is 3.37. The van der Waals surface area contributed by atoms with E-state index in [1.807, 2.05) is 24.4 Å². The Morgan fingerprint density at radius 2 is 2.14 bits per heavy atom. The van der Waals surface area contributed by atoms with Crippen molar-refractivity contribution < 1.29 is 4.74 Å². The summed E-state index contributed by atoms with van der Waals surface area (Å²) in [5.41, 5.74) is 3.99. The van der Waals surface area contributed by atoms with Crippen LogP contribution in [-0.2, 0) is 19.5 Å². The second-order valence-electron chi connectivity index (χ2n) is 4.71. The van der Waals surface area contributed by atoms with Gasteiger partial charge >= 0.3 is 0 Å². The van der Waals surface area contributed by atoms with E-state index >= 15 is 0 Å². The second-order valence-corrected chi connectivity index (χ2v) is 4.71. The highest BCUT2D eigenvalue weighted by molar-refractivity contribution is 5.45. The van der Waals surface area contributed by atoms with Crippen LogP contribution in [0.4, 0.5) is 0 Å². The van der Waals surface area contributed by atoms with Crippen molar-refractivity contribution in [3.05, 3.63) is 58.9 Å². The zero-order chi connectivity index (χ0) is 15.1. The lowest BCUT2D eigenvalue weighted by Gasteiger charge is -2.09. The van der Waals surface area contributed by atoms with E-state index in [2.05, 4.69) is 29.4 Å². The summed E-state index contributed by atoms with van der Waals surface area (Å²) in [6.45, 7) is 3.57. The van der Waals surface area contributed by atoms with Gasteiger partial charge in [0.2, 0.25) is 0 Å². The molecule has 2 rings (SSSR count). The maximum atomic E-state index is 8.97. The van der Waals surface area contributed by atoms with E-state index in [1.165, 1.54) is 5.56 Å². The molecule has 1 heterocycles. The van der Waals surface area contributed by atoms with Crippen molar-refractivity contribution in [3.63, 3.8) is 0 Å². The number of ether oxygens (including phenoxy) is 1. The van der Waals surface area contributed by atoms with Crippen LogP contribution in [0.1, 0.15) is 29.3 Å². The molecule has 0 saturated heterocycles. The molecule has 4 heteroatoms. The molecule has 108 valence electrons. The number of hydrogen-bond donors (Lipinski definition) is 1. The molecule has 0 fully saturated rings. The maximum absolute atomic E-state index is 8.97. The van der Waals surface area contributed by atoms with E-state index in [-0.39, 0.29) is 0 Å². The predicted octanol–water partition coefficient (Wildman–Crippen LogP) is 2.81. The molecular weight excluding hydrogens is 262 g/mol. The van der Waals surface area contributed by atoms with E-state index in [0.717, 1.165) is 24.2 Å². The Morgan fingerprint density at radius 1 is 1.29 bits per heavy atom. The molecule has 2 aromatic rings. The molecule has 0 amide bonds. The van der Waals surface area contributed by atoms with E-state index in [4.69, 9.17) is 10.00 Å². The first kappa shape index (κ1) is 15.0. The summed E-state index contributed by atoms with van der Waals surface area (Å²) in [4.78, 5) is 4.41. The number of nitriles is 1. The second kappa shape index (κ2) is 7.41. The summed E-state index contributed by atoms with van der Waals surface area (Å²) in [7, 11) is 1.58. The number of nitrogens with zero attached hydrogens (tertiary/aromatic N) is 2. The Morgan fingerprint density at radius 3 is 2.86 bits per heavy atom. The highest BCUT2D eigenvalue weighted by Crippen LogP contribution is 2.19. The zero-order valence-electron chi connectivity index (χ0n) is 12.4. The van der Waals surface area contributed by atoms with Crippen LogP contribution in [0.25, 0.3) is 0 Å². The normalized spacial score (nSPS) is 10.1. The van der Waals surface area contributed by atoms with E-state index in [9.17, 15) is 0 Å². The lowest BCUT2D eigenvalue weighted by atomic mass is 10.1. The van der Waals surface area contributed by atoms with E-state index < -0.39 is 0 Å². The number of pyridine rings is 1. The number of aromatic nitrogens is 1. The summed E-state index contributed by atoms with van der Waals surface area (Å²) in [5.74, 6) is 0.615. The Kier molecular flexibility index (Phi) is 5.30. The topological polar surface area (TPSA) is 57.9 Å². The van der Waals surface area contributed by atoms with Gasteiger partial charge in [0.1, 0.15) is 11.8 Å². The Bertz CT molecular complexity index is 647. The highest BCUT2D eigenvalue weighted by atomic mass is 16.5. The molecule has 0 atom stereocenters. The van der Waals surface area contributed by atoms with Crippen LogP contribution >= 0.6 is 0 Å². The Labute approximate surface area is 125 Å². The fourth-order valence-electron chi connectivity index (χ4n) is 2.22. The van der Waals surface area contributed by atoms with Gasteiger partial charge in [-0.05, 0) is 35.7 Å². The monoisotopic (exact) mass is 281 g/mol. The molecular formula is C17H19N3O. The number of nitrogens with one attached hydrogen (secondary N) is 1. The van der Waals surface area contributed by atoms with Crippen LogP contribution in [0.15, 0.2) is 36.5 Å². The van der Waals surface area contributed by atoms with Crippen molar-refractivity contribution in [1.29, 1.82) is 5.26 Å². The van der Waals surface area contributed by atoms with Gasteiger partial charge in [-0.1, -0.05) is 19.1 Å². The van der Waals surface area contributed by atoms with Crippen LogP contribution in [0, 0.1) is 11.3 Å². The minimum Gasteiger partial charge on any atom is -0.495 e. The third kappa shape index (κ3) is 3.80. The molecule has 1 aromatic carbocycles. The first-order valence-electron chi connectivity index (χ1n) is 6.99. The first-order valence-corrected chi connectivity index (χ1v) is 6.99. The fraction of sp³-hybridized carbons (Fsp3) is 0.294. The Hall–Kier alpha value is -2.38. The Balaban J connectivity index is 1.99. The molecule has 0 aliphatic heterocycles. The van der Waals surface area contributed by atoms with Crippen molar-refractivity contribution in [2.24, 2.45) is 0 Å². The number of rotatable bonds is 6. The summed E-state index contributed by atoms with van der Waals surface area (Å²) in [6.07, 6.45) is 2.80. The minimum atomic E-state index is 0.555. The van der Waals surface area contributed by atoms with Crippen molar-refractivity contribution in [1.82, 2.24) is 10.3 Å². The molecule has 0 radical (unpaired) electrons. The van der Waals surface area contributed by atoms with Crippen LogP contribution < -0.4 is 10.1 Å². The molecule has 0 spiro atoms. The quantitative estimate of drug-likeness (QED) is 0.884. The van der Waals surface area contributed by atoms with Gasteiger partial charge in [0, 0.05) is 19.3 Å². The van der Waals surface area contributed by atoms with Gasteiger partial charge in [-0.15, -0.1) is 0 Å². The summed E-state index contributed by atoms with van der Waals surface area (Å²) in [6, 6.07) is 11.8. The molecule has 0 saturated carbocycles. The third-order valence-corrected chi connectivity index (χ3v) is 3.37. The number of aryl methyl sites for hydroxylation is 1. The average Bonchev–Trinajstić information content (AvgIpc) is 2.55. The van der Waals surface area contributed by atoms with Crippen LogP contribution in [0.2, 0.25) is 0 Å². The van der Waals surface area contributed by atoms with Gasteiger partial charge in [0.25, 0.3) is 0 Å². The van der Waals surface area contributed by atoms with Gasteiger partial charge < -0.3 is 10.1 Å². The number of methoxy groups -OCH3 is 1. The van der Waals surface area contributed by atoms with Gasteiger partial charge in [-0.25, -0.2) is 0 Å². The lowest BCUT2D eigenvalue weighted by molar-refractivity contribution is 0.412. The van der Waals surface area contributed by atoms with Crippen LogP contribution in [0.5, 0.6) is 5.75 Å². The fourth-order valence-corrected chi connectivity index (χ4v) is 2.22. The molecule has 0 bridgehead atoms. The van der Waals surface area contributed by atoms with Crippen molar-refractivity contribution in [2.75, 3.05) is 7.11 Å². The molecule has 4 nitrogen and oxygen atoms in total. The average molecular weight is 281 g/mol. The first-order chi connectivity index (χ1) is 10.3. The maximum Gasteiger partial charge on any atom is 0.136 e. The van der Waals surface area contributed by atoms with Gasteiger partial charge in [0.15, 0.2) is 0 Å². The number of hydrogen-bond acceptors (Lipinski definition) is 4. The van der Waals surface area contributed by atoms with Crippen LogP contribution in [0.3, 0.4) is 0 Å². The van der Waals surface area contributed by atoms with E-state index in [1.54, 1.807) is 13.2 Å². The SMILES string of the molecule is CCc1cccnc1CNCc1ccc(C#N)c(OC)c1. The molecule has 0 aliphatic carbocycles. The van der Waals surface area contributed by atoms with Gasteiger partial charge in [-0.2, -0.15) is 5.26 Å². The lowest BCUT2D eigenvalue weighted by Crippen LogP contribution is -2.15. The van der Waals surface area contributed by atoms with E-state index in [0.29, 0.717) is 17.9 Å².